The molecule has 0 bridgehead atoms. The molecule has 7 heteroatoms. The summed E-state index contributed by atoms with van der Waals surface area (Å²) in [6.07, 6.45) is -3.79. The van der Waals surface area contributed by atoms with Crippen molar-refractivity contribution in [1.29, 1.82) is 0 Å². The van der Waals surface area contributed by atoms with E-state index in [1.54, 1.807) is 12.1 Å². The van der Waals surface area contributed by atoms with Gasteiger partial charge in [-0.05, 0) is 12.1 Å². The summed E-state index contributed by atoms with van der Waals surface area (Å²) < 4.78 is 37.6. The van der Waals surface area contributed by atoms with Gasteiger partial charge in [-0.25, -0.2) is 0 Å². The summed E-state index contributed by atoms with van der Waals surface area (Å²) in [5, 5.41) is 7.45. The van der Waals surface area contributed by atoms with Crippen LogP contribution in [0.3, 0.4) is 0 Å². The average molecular weight is 230 g/mol. The van der Waals surface area contributed by atoms with Gasteiger partial charge in [0, 0.05) is 18.3 Å². The van der Waals surface area contributed by atoms with Crippen molar-refractivity contribution in [2.75, 3.05) is 5.73 Å². The summed E-state index contributed by atoms with van der Waals surface area (Å²) in [5.74, 6) is 0.264. The Morgan fingerprint density at radius 1 is 1.25 bits per heavy atom. The highest BCUT2D eigenvalue weighted by molar-refractivity contribution is 5.47. The molecule has 86 valence electrons. The summed E-state index contributed by atoms with van der Waals surface area (Å²) >= 11 is 0. The second kappa shape index (κ2) is 3.66. The van der Waals surface area contributed by atoms with Crippen LogP contribution in [0.4, 0.5) is 18.9 Å². The third kappa shape index (κ3) is 2.23. The molecule has 0 radical (unpaired) electrons. The van der Waals surface area contributed by atoms with Gasteiger partial charge in [-0.2, -0.15) is 13.2 Å². The van der Waals surface area contributed by atoms with E-state index in [0.717, 1.165) is 0 Å². The van der Waals surface area contributed by atoms with Gasteiger partial charge in [0.1, 0.15) is 5.82 Å². The zero-order valence-electron chi connectivity index (χ0n) is 8.20. The largest absolute Gasteiger partial charge is 0.398 e. The maximum absolute atomic E-state index is 12.0. The number of aryl methyl sites for hydroxylation is 1. The lowest BCUT2D eigenvalue weighted by Gasteiger charge is -2.04. The monoisotopic (exact) mass is 230 g/mol. The van der Waals surface area contributed by atoms with Crippen LogP contribution in [0.1, 0.15) is 12.2 Å². The molecule has 16 heavy (non-hydrogen) atoms. The van der Waals surface area contributed by atoms with E-state index < -0.39 is 12.6 Å². The Labute approximate surface area is 88.9 Å². The molecule has 0 saturated carbocycles. The number of nitrogen functional groups attached to an aromatic ring is 1. The quantitative estimate of drug-likeness (QED) is 0.855. The fourth-order valence-electron chi connectivity index (χ4n) is 1.38. The van der Waals surface area contributed by atoms with Crippen LogP contribution in [0, 0.1) is 0 Å². The fraction of sp³-hybridized carbons (Fsp3) is 0.333. The SMILES string of the molecule is Nc1ccc2nnc(CCC(F)(F)F)n2c1. The van der Waals surface area contributed by atoms with E-state index in [1.807, 2.05) is 0 Å². The molecule has 0 aliphatic carbocycles. The van der Waals surface area contributed by atoms with E-state index in [1.165, 1.54) is 10.6 Å². The lowest BCUT2D eigenvalue weighted by atomic mass is 10.3. The number of aromatic nitrogens is 3. The highest BCUT2D eigenvalue weighted by Gasteiger charge is 2.27. The fourth-order valence-corrected chi connectivity index (χ4v) is 1.38. The van der Waals surface area contributed by atoms with Gasteiger partial charge in [0.05, 0.1) is 6.42 Å². The molecule has 2 aromatic rings. The van der Waals surface area contributed by atoms with Crippen LogP contribution in [-0.2, 0) is 6.42 Å². The van der Waals surface area contributed by atoms with Gasteiger partial charge >= 0.3 is 6.18 Å². The molecule has 0 spiro atoms. The zero-order chi connectivity index (χ0) is 11.8. The van der Waals surface area contributed by atoms with Crippen molar-refractivity contribution in [2.45, 2.75) is 19.0 Å². The predicted molar refractivity (Wildman–Crippen MR) is 51.8 cm³/mol. The van der Waals surface area contributed by atoms with Gasteiger partial charge in [-0.3, -0.25) is 4.40 Å². The minimum atomic E-state index is -4.19. The molecular weight excluding hydrogens is 221 g/mol. The molecule has 2 heterocycles. The molecule has 0 aliphatic heterocycles. The Morgan fingerprint density at radius 2 is 2.00 bits per heavy atom. The van der Waals surface area contributed by atoms with Gasteiger partial charge in [-0.1, -0.05) is 0 Å². The number of nitrogens with two attached hydrogens (primary N) is 1. The molecule has 2 N–H and O–H groups in total. The van der Waals surface area contributed by atoms with Crippen LogP contribution < -0.4 is 5.73 Å². The van der Waals surface area contributed by atoms with Crippen LogP contribution in [0.15, 0.2) is 18.3 Å². The van der Waals surface area contributed by atoms with E-state index in [9.17, 15) is 13.2 Å². The molecule has 0 saturated heterocycles. The Bertz CT molecular complexity index is 503. The van der Waals surface area contributed by atoms with Crippen LogP contribution in [0.2, 0.25) is 0 Å². The number of fused-ring (bicyclic) bond motifs is 1. The number of pyridine rings is 1. The molecule has 2 rings (SSSR count). The van der Waals surface area contributed by atoms with Crippen LogP contribution in [0.25, 0.3) is 5.65 Å². The average Bonchev–Trinajstić information content (AvgIpc) is 2.56. The van der Waals surface area contributed by atoms with E-state index in [2.05, 4.69) is 10.2 Å². The smallest absolute Gasteiger partial charge is 0.389 e. The summed E-state index contributed by atoms with van der Waals surface area (Å²) in [5.41, 5.74) is 6.49. The van der Waals surface area contributed by atoms with Crippen molar-refractivity contribution in [2.24, 2.45) is 0 Å². The molecule has 2 aromatic heterocycles. The number of hydrogen-bond donors (Lipinski definition) is 1. The summed E-state index contributed by atoms with van der Waals surface area (Å²) in [6, 6.07) is 3.23. The van der Waals surface area contributed by atoms with Gasteiger partial charge < -0.3 is 5.73 Å². The van der Waals surface area contributed by atoms with Gasteiger partial charge in [0.2, 0.25) is 0 Å². The second-order valence-corrected chi connectivity index (χ2v) is 3.42. The number of nitrogens with zero attached hydrogens (tertiary/aromatic N) is 3. The van der Waals surface area contributed by atoms with Gasteiger partial charge in [0.25, 0.3) is 0 Å². The molecular formula is C9H9F3N4. The number of hydrogen-bond acceptors (Lipinski definition) is 3. The molecule has 0 aromatic carbocycles. The van der Waals surface area contributed by atoms with E-state index >= 15 is 0 Å². The van der Waals surface area contributed by atoms with Gasteiger partial charge in [-0.15, -0.1) is 10.2 Å². The molecule has 0 atom stereocenters. The lowest BCUT2D eigenvalue weighted by molar-refractivity contribution is -0.134. The van der Waals surface area contributed by atoms with Crippen molar-refractivity contribution in [3.63, 3.8) is 0 Å². The van der Waals surface area contributed by atoms with Crippen molar-refractivity contribution in [3.8, 4) is 0 Å². The first-order chi connectivity index (χ1) is 7.46. The van der Waals surface area contributed by atoms with Crippen molar-refractivity contribution in [3.05, 3.63) is 24.2 Å². The first-order valence-electron chi connectivity index (χ1n) is 4.61. The van der Waals surface area contributed by atoms with E-state index in [0.29, 0.717) is 11.3 Å². The van der Waals surface area contributed by atoms with Crippen molar-refractivity contribution >= 4 is 11.3 Å². The van der Waals surface area contributed by atoms with E-state index in [-0.39, 0.29) is 12.2 Å². The molecule has 0 fully saturated rings. The molecule has 0 unspecified atom stereocenters. The third-order valence-electron chi connectivity index (χ3n) is 2.13. The highest BCUT2D eigenvalue weighted by Crippen LogP contribution is 2.21. The minimum Gasteiger partial charge on any atom is -0.398 e. The zero-order valence-corrected chi connectivity index (χ0v) is 8.20. The Kier molecular flexibility index (Phi) is 2.45. The third-order valence-corrected chi connectivity index (χ3v) is 2.13. The van der Waals surface area contributed by atoms with E-state index in [4.69, 9.17) is 5.73 Å². The highest BCUT2D eigenvalue weighted by atomic mass is 19.4. The molecule has 0 aliphatic rings. The minimum absolute atomic E-state index is 0.200. The number of halogens is 3. The van der Waals surface area contributed by atoms with Crippen LogP contribution in [-0.4, -0.2) is 20.8 Å². The van der Waals surface area contributed by atoms with Gasteiger partial charge in [0.15, 0.2) is 5.65 Å². The Morgan fingerprint density at radius 3 is 2.69 bits per heavy atom. The summed E-state index contributed by atoms with van der Waals surface area (Å²) in [6.45, 7) is 0. The Hall–Kier alpha value is -1.79. The topological polar surface area (TPSA) is 56.2 Å². The second-order valence-electron chi connectivity index (χ2n) is 3.42. The maximum atomic E-state index is 12.0. The summed E-state index contributed by atoms with van der Waals surface area (Å²) in [4.78, 5) is 0. The number of anilines is 1. The first-order valence-corrected chi connectivity index (χ1v) is 4.61. The number of alkyl halides is 3. The number of rotatable bonds is 2. The normalized spacial score (nSPS) is 12.2. The standard InChI is InChI=1S/C9H9F3N4/c10-9(11,12)4-3-8-15-14-7-2-1-6(13)5-16(7)8/h1-2,5H,3-4,13H2. The lowest BCUT2D eigenvalue weighted by Crippen LogP contribution is -2.10. The van der Waals surface area contributed by atoms with Crippen LogP contribution in [0.5, 0.6) is 0 Å². The first kappa shape index (κ1) is 10.7. The summed E-state index contributed by atoms with van der Waals surface area (Å²) in [7, 11) is 0. The van der Waals surface area contributed by atoms with Crippen molar-refractivity contribution in [1.82, 2.24) is 14.6 Å². The molecule has 0 amide bonds. The van der Waals surface area contributed by atoms with Crippen LogP contribution >= 0.6 is 0 Å². The molecule has 4 nitrogen and oxygen atoms in total. The van der Waals surface area contributed by atoms with Crippen molar-refractivity contribution < 1.29 is 13.2 Å². The predicted octanol–water partition coefficient (Wildman–Crippen LogP) is 1.81. The maximum Gasteiger partial charge on any atom is 0.389 e. The Balaban J connectivity index is 2.28.